The molecule has 0 spiro atoms. The van der Waals surface area contributed by atoms with Gasteiger partial charge in [0.1, 0.15) is 0 Å². The van der Waals surface area contributed by atoms with Gasteiger partial charge >= 0.3 is 0 Å². The summed E-state index contributed by atoms with van der Waals surface area (Å²) in [7, 11) is 0. The van der Waals surface area contributed by atoms with Crippen molar-refractivity contribution in [2.45, 2.75) is 0 Å². The Hall–Kier alpha value is -4.94. The van der Waals surface area contributed by atoms with Gasteiger partial charge in [0.25, 0.3) is 0 Å². The van der Waals surface area contributed by atoms with Crippen LogP contribution in [0.1, 0.15) is 0 Å². The maximum Gasteiger partial charge on any atom is -0.0184 e. The zero-order valence-electron chi connectivity index (χ0n) is 21.3. The summed E-state index contributed by atoms with van der Waals surface area (Å²) in [6.45, 7) is 7.94. The molecule has 0 fully saturated rings. The molecule has 0 saturated heterocycles. The first kappa shape index (κ1) is 23.5. The molecule has 0 bridgehead atoms. The molecule has 0 amide bonds. The molecular formula is C38H28. The second-order valence-corrected chi connectivity index (χ2v) is 9.70. The summed E-state index contributed by atoms with van der Waals surface area (Å²) in [6.07, 6.45) is 0. The van der Waals surface area contributed by atoms with Gasteiger partial charge in [0, 0.05) is 0 Å². The lowest BCUT2D eigenvalue weighted by atomic mass is 10.1. The normalized spacial score (nSPS) is 10.8. The van der Waals surface area contributed by atoms with Gasteiger partial charge < -0.3 is 0 Å². The van der Waals surface area contributed by atoms with Gasteiger partial charge in [-0.15, -0.1) is 0 Å². The molecule has 38 heavy (non-hydrogen) atoms. The Balaban J connectivity index is 1.38. The largest absolute Gasteiger partial charge is 0.0918 e. The molecule has 180 valence electrons. The molecule has 0 N–H and O–H groups in total. The van der Waals surface area contributed by atoms with E-state index in [2.05, 4.69) is 159 Å². The van der Waals surface area contributed by atoms with Crippen molar-refractivity contribution in [3.63, 3.8) is 0 Å². The fourth-order valence-corrected chi connectivity index (χ4v) is 4.81. The molecule has 0 aromatic heterocycles. The number of hydrogen-bond donors (Lipinski definition) is 0. The van der Waals surface area contributed by atoms with Gasteiger partial charge in [-0.2, -0.15) is 0 Å². The molecule has 0 aliphatic carbocycles. The minimum atomic E-state index is 1.03. The van der Waals surface area contributed by atoms with E-state index < -0.39 is 0 Å². The highest BCUT2D eigenvalue weighted by Crippen LogP contribution is 2.05. The summed E-state index contributed by atoms with van der Waals surface area (Å²) in [6, 6.07) is 51.8. The van der Waals surface area contributed by atoms with Gasteiger partial charge in [-0.3, -0.25) is 0 Å². The van der Waals surface area contributed by atoms with Gasteiger partial charge in [0.15, 0.2) is 0 Å². The van der Waals surface area contributed by atoms with Crippen molar-refractivity contribution in [3.05, 3.63) is 208 Å². The second kappa shape index (κ2) is 10.2. The molecule has 0 unspecified atom stereocenters. The highest BCUT2D eigenvalue weighted by Gasteiger charge is 1.90. The first-order chi connectivity index (χ1) is 18.6. The second-order valence-electron chi connectivity index (χ2n) is 9.70. The molecule has 0 saturated carbocycles. The van der Waals surface area contributed by atoms with E-state index in [-0.39, 0.29) is 0 Å². The fraction of sp³-hybridized carbons (Fsp3) is 0. The number of hydrogen-bond acceptors (Lipinski definition) is 0. The monoisotopic (exact) mass is 484 g/mol. The summed E-state index contributed by atoms with van der Waals surface area (Å²) >= 11 is 0. The Kier molecular flexibility index (Phi) is 6.30. The molecular weight excluding hydrogens is 456 g/mol. The molecule has 0 heteroatoms. The summed E-state index contributed by atoms with van der Waals surface area (Å²) in [5.74, 6) is 0. The molecule has 6 aromatic rings. The lowest BCUT2D eigenvalue weighted by Gasteiger charge is -1.94. The van der Waals surface area contributed by atoms with Crippen molar-refractivity contribution in [3.8, 4) is 0 Å². The standard InChI is InChI=1S/C38H28/c1-27-3-7-29(8-4-27)31-11-15-33(16-12-31)35-19-23-37(24-20-35)38-25-21-36(22-26-38)34-17-13-32(14-18-34)30-9-5-28(2)6-10-30/h3-26H,1-2H2. The smallest absolute Gasteiger partial charge is 0.0184 e. The predicted molar refractivity (Wildman–Crippen MR) is 157 cm³/mol. The molecule has 6 aromatic carbocycles. The molecule has 0 aliphatic heterocycles. The zero-order chi connectivity index (χ0) is 25.9. The molecule has 0 heterocycles. The van der Waals surface area contributed by atoms with Crippen molar-refractivity contribution >= 4 is 13.2 Å². The lowest BCUT2D eigenvalue weighted by molar-refractivity contribution is 1.39. The van der Waals surface area contributed by atoms with Crippen LogP contribution < -0.4 is 10.4 Å². The Morgan fingerprint density at radius 3 is 0.421 bits per heavy atom. The summed E-state index contributed by atoms with van der Waals surface area (Å²) in [5.41, 5.74) is 0. The SMILES string of the molecule is C=c1ccc(=c2ccc(=c3ccc(=c4ccc(=c5ccc(=c6ccc(=C)cc6)cc5)cc4)cc3)cc2)cc1. The highest BCUT2D eigenvalue weighted by molar-refractivity contribution is 5.24. The molecule has 0 atom stereocenters. The maximum atomic E-state index is 3.97. The van der Waals surface area contributed by atoms with Crippen LogP contribution in [0.25, 0.3) is 13.2 Å². The molecule has 0 nitrogen and oxygen atoms in total. The summed E-state index contributed by atoms with van der Waals surface area (Å²) in [4.78, 5) is 0. The van der Waals surface area contributed by atoms with E-state index in [1.165, 1.54) is 52.2 Å². The van der Waals surface area contributed by atoms with Gasteiger partial charge in [-0.25, -0.2) is 0 Å². The van der Waals surface area contributed by atoms with Crippen molar-refractivity contribution in [2.24, 2.45) is 0 Å². The van der Waals surface area contributed by atoms with Crippen LogP contribution in [0.2, 0.25) is 0 Å². The van der Waals surface area contributed by atoms with Crippen LogP contribution in [-0.2, 0) is 0 Å². The average Bonchev–Trinajstić information content (AvgIpc) is 2.98. The third-order valence-electron chi connectivity index (χ3n) is 7.11. The topological polar surface area (TPSA) is 0 Å². The summed E-state index contributed by atoms with van der Waals surface area (Å²) in [5, 5.41) is 14.2. The van der Waals surface area contributed by atoms with Crippen molar-refractivity contribution < 1.29 is 0 Å². The highest BCUT2D eigenvalue weighted by atomic mass is 13.9. The Bertz CT molecular complexity index is 2080. The van der Waals surface area contributed by atoms with E-state index in [1.54, 1.807) is 0 Å². The van der Waals surface area contributed by atoms with Crippen LogP contribution in [0.4, 0.5) is 0 Å². The van der Waals surface area contributed by atoms with Gasteiger partial charge in [0.05, 0.1) is 0 Å². The lowest BCUT2D eigenvalue weighted by Crippen LogP contribution is -1.92. The van der Waals surface area contributed by atoms with Crippen molar-refractivity contribution in [1.29, 1.82) is 0 Å². The third-order valence-corrected chi connectivity index (χ3v) is 7.11. The van der Waals surface area contributed by atoms with Crippen LogP contribution in [0, 0.1) is 52.2 Å². The molecule has 6 rings (SSSR count). The van der Waals surface area contributed by atoms with E-state index in [1.807, 2.05) is 0 Å². The number of benzene rings is 6. The van der Waals surface area contributed by atoms with E-state index >= 15 is 0 Å². The number of rotatable bonds is 0. The average molecular weight is 485 g/mol. The van der Waals surface area contributed by atoms with Crippen molar-refractivity contribution in [2.75, 3.05) is 0 Å². The van der Waals surface area contributed by atoms with Gasteiger partial charge in [0.2, 0.25) is 0 Å². The van der Waals surface area contributed by atoms with E-state index in [4.69, 9.17) is 0 Å². The first-order valence-corrected chi connectivity index (χ1v) is 12.9. The Morgan fingerprint density at radius 2 is 0.289 bits per heavy atom. The molecule has 0 radical (unpaired) electrons. The molecule has 0 aliphatic rings. The maximum absolute atomic E-state index is 3.97. The van der Waals surface area contributed by atoms with E-state index in [9.17, 15) is 0 Å². The van der Waals surface area contributed by atoms with Crippen LogP contribution in [-0.4, -0.2) is 0 Å². The summed E-state index contributed by atoms with van der Waals surface area (Å²) < 4.78 is 0. The first-order valence-electron chi connectivity index (χ1n) is 12.9. The minimum Gasteiger partial charge on any atom is -0.0918 e. The van der Waals surface area contributed by atoms with Gasteiger partial charge in [-0.1, -0.05) is 159 Å². The minimum absolute atomic E-state index is 1.03. The Labute approximate surface area is 221 Å². The van der Waals surface area contributed by atoms with Crippen LogP contribution in [0.15, 0.2) is 146 Å². The predicted octanol–water partition coefficient (Wildman–Crippen LogP) is 6.94. The quantitative estimate of drug-likeness (QED) is 0.219. The van der Waals surface area contributed by atoms with E-state index in [0.29, 0.717) is 0 Å². The van der Waals surface area contributed by atoms with Crippen LogP contribution in [0.3, 0.4) is 0 Å². The zero-order valence-corrected chi connectivity index (χ0v) is 21.3. The van der Waals surface area contributed by atoms with Gasteiger partial charge in [-0.05, 0) is 62.6 Å². The van der Waals surface area contributed by atoms with E-state index in [0.717, 1.165) is 10.4 Å². The third kappa shape index (κ3) is 4.98. The van der Waals surface area contributed by atoms with Crippen LogP contribution in [0.5, 0.6) is 0 Å². The van der Waals surface area contributed by atoms with Crippen LogP contribution >= 0.6 is 0 Å². The fourth-order valence-electron chi connectivity index (χ4n) is 4.81. The Morgan fingerprint density at radius 1 is 0.184 bits per heavy atom. The van der Waals surface area contributed by atoms with Crippen molar-refractivity contribution in [1.82, 2.24) is 0 Å².